The molecule has 0 aliphatic carbocycles. The first-order valence-electron chi connectivity index (χ1n) is 4.43. The molecule has 2 rings (SSSR count). The van der Waals surface area contributed by atoms with Crippen LogP contribution in [-0.2, 0) is 26.2 Å². The van der Waals surface area contributed by atoms with Gasteiger partial charge in [-0.05, 0) is 0 Å². The second kappa shape index (κ2) is 8.29. The van der Waals surface area contributed by atoms with Crippen LogP contribution in [0.25, 0.3) is 10.8 Å². The Hall–Kier alpha value is 1.17. The Kier molecular flexibility index (Phi) is 10.2. The van der Waals surface area contributed by atoms with Crippen LogP contribution in [0, 0.1) is 0 Å². The maximum absolute atomic E-state index is 2.24. The summed E-state index contributed by atoms with van der Waals surface area (Å²) in [5.74, 6) is 0.630. The van der Waals surface area contributed by atoms with Crippen molar-refractivity contribution in [1.29, 1.82) is 0 Å². The minimum Gasteiger partial charge on any atom is -0.168 e. The Bertz CT molecular complexity index is 393. The van der Waals surface area contributed by atoms with Gasteiger partial charge in [-0.15, -0.1) is 88.6 Å². The van der Waals surface area contributed by atoms with E-state index in [-0.39, 0.29) is 74.2 Å². The molecule has 0 aliphatic rings. The maximum Gasteiger partial charge on any atom is 0 e. The summed E-state index contributed by atoms with van der Waals surface area (Å²) in [6.07, 6.45) is 0. The van der Waals surface area contributed by atoms with Crippen molar-refractivity contribution in [2.75, 3.05) is 0 Å². The third-order valence-corrected chi connectivity index (χ3v) is 2.34. The molecular weight excluding hydrogens is 489 g/mol. The van der Waals surface area contributed by atoms with Crippen molar-refractivity contribution in [2.24, 2.45) is 0 Å². The number of benzene rings is 1. The second-order valence-corrected chi connectivity index (χ2v) is 3.53. The minimum atomic E-state index is 0. The van der Waals surface area contributed by atoms with E-state index in [1.165, 1.54) is 16.3 Å². The van der Waals surface area contributed by atoms with E-state index in [1.54, 1.807) is 0 Å². The standard InChI is InChI=1S/C12H13.2HI.Zr/c1-9(2)11-8-7-10-5-3-4-6-12(10)11;;;/h3-9H,1-2H3;2*1H;/q-1;;;. The molecule has 0 spiro atoms. The summed E-state index contributed by atoms with van der Waals surface area (Å²) >= 11 is 0. The van der Waals surface area contributed by atoms with E-state index >= 15 is 0 Å². The fourth-order valence-electron chi connectivity index (χ4n) is 1.68. The zero-order valence-corrected chi connectivity index (χ0v) is 16.0. The monoisotopic (exact) mass is 503 g/mol. The van der Waals surface area contributed by atoms with Crippen molar-refractivity contribution in [3.8, 4) is 0 Å². The van der Waals surface area contributed by atoms with E-state index in [9.17, 15) is 0 Å². The first-order valence-corrected chi connectivity index (χ1v) is 4.43. The van der Waals surface area contributed by atoms with Gasteiger partial charge in [0.05, 0.1) is 0 Å². The molecular formula is C12H15I2Zr-. The van der Waals surface area contributed by atoms with Gasteiger partial charge in [0, 0.05) is 26.2 Å². The van der Waals surface area contributed by atoms with Crippen LogP contribution in [0.2, 0.25) is 0 Å². The largest absolute Gasteiger partial charge is 0.168 e. The normalized spacial score (nSPS) is 9.00. The molecule has 0 amide bonds. The van der Waals surface area contributed by atoms with E-state index in [4.69, 9.17) is 0 Å². The van der Waals surface area contributed by atoms with E-state index < -0.39 is 0 Å². The molecule has 0 aromatic heterocycles. The average molecular weight is 504 g/mol. The third kappa shape index (κ3) is 4.16. The number of rotatable bonds is 1. The SMILES string of the molecule is CC(C)[c-]1ccc2ccccc21.I.I.[Zr]. The fraction of sp³-hybridized carbons (Fsp3) is 0.250. The summed E-state index contributed by atoms with van der Waals surface area (Å²) in [5.41, 5.74) is 1.46. The Labute approximate surface area is 145 Å². The van der Waals surface area contributed by atoms with Gasteiger partial charge in [-0.3, -0.25) is 0 Å². The van der Waals surface area contributed by atoms with Gasteiger partial charge in [-0.2, -0.15) is 6.07 Å². The van der Waals surface area contributed by atoms with Crippen LogP contribution in [0.4, 0.5) is 0 Å². The molecule has 0 nitrogen and oxygen atoms in total. The first kappa shape index (κ1) is 18.5. The van der Waals surface area contributed by atoms with E-state index in [0.29, 0.717) is 5.92 Å². The molecule has 0 bridgehead atoms. The van der Waals surface area contributed by atoms with Crippen LogP contribution in [0.1, 0.15) is 25.3 Å². The topological polar surface area (TPSA) is 0 Å². The Morgan fingerprint density at radius 3 is 2.20 bits per heavy atom. The molecule has 0 unspecified atom stereocenters. The number of halogens is 2. The van der Waals surface area contributed by atoms with Crippen LogP contribution in [0.5, 0.6) is 0 Å². The number of hydrogen-bond acceptors (Lipinski definition) is 0. The van der Waals surface area contributed by atoms with Crippen molar-refractivity contribution in [1.82, 2.24) is 0 Å². The van der Waals surface area contributed by atoms with Gasteiger partial charge in [0.25, 0.3) is 0 Å². The van der Waals surface area contributed by atoms with Crippen molar-refractivity contribution in [3.05, 3.63) is 42.0 Å². The predicted molar refractivity (Wildman–Crippen MR) is 84.5 cm³/mol. The van der Waals surface area contributed by atoms with E-state index in [0.717, 1.165) is 0 Å². The maximum atomic E-state index is 2.24. The van der Waals surface area contributed by atoms with Crippen LogP contribution in [-0.4, -0.2) is 0 Å². The zero-order valence-electron chi connectivity index (χ0n) is 8.86. The molecule has 82 valence electrons. The van der Waals surface area contributed by atoms with Gasteiger partial charge in [-0.25, -0.2) is 0 Å². The molecule has 15 heavy (non-hydrogen) atoms. The molecule has 0 saturated heterocycles. The van der Waals surface area contributed by atoms with E-state index in [2.05, 4.69) is 50.2 Å². The molecule has 3 heteroatoms. The average Bonchev–Trinajstić information content (AvgIpc) is 2.47. The number of fused-ring (bicyclic) bond motifs is 1. The summed E-state index contributed by atoms with van der Waals surface area (Å²) in [5, 5.41) is 2.77. The van der Waals surface area contributed by atoms with Crippen LogP contribution < -0.4 is 0 Å². The Morgan fingerprint density at radius 1 is 1.00 bits per heavy atom. The summed E-state index contributed by atoms with van der Waals surface area (Å²) in [7, 11) is 0. The van der Waals surface area contributed by atoms with Gasteiger partial charge in [0.1, 0.15) is 0 Å². The smallest absolute Gasteiger partial charge is 0 e. The van der Waals surface area contributed by atoms with E-state index in [1.807, 2.05) is 0 Å². The van der Waals surface area contributed by atoms with Crippen molar-refractivity contribution >= 4 is 58.7 Å². The number of hydrogen-bond donors (Lipinski definition) is 0. The molecule has 0 aliphatic heterocycles. The first-order chi connectivity index (χ1) is 5.79. The summed E-state index contributed by atoms with van der Waals surface area (Å²) in [6.45, 7) is 4.48. The molecule has 0 heterocycles. The van der Waals surface area contributed by atoms with Gasteiger partial charge < -0.3 is 0 Å². The van der Waals surface area contributed by atoms with Crippen molar-refractivity contribution < 1.29 is 26.2 Å². The van der Waals surface area contributed by atoms with Crippen molar-refractivity contribution in [2.45, 2.75) is 19.8 Å². The molecule has 0 fully saturated rings. The third-order valence-electron chi connectivity index (χ3n) is 2.34. The predicted octanol–water partition coefficient (Wildman–Crippen LogP) is 4.92. The van der Waals surface area contributed by atoms with Gasteiger partial charge >= 0.3 is 0 Å². The molecule has 0 atom stereocenters. The Morgan fingerprint density at radius 2 is 1.60 bits per heavy atom. The molecule has 0 radical (unpaired) electrons. The molecule has 0 saturated carbocycles. The van der Waals surface area contributed by atoms with Crippen molar-refractivity contribution in [3.63, 3.8) is 0 Å². The van der Waals surface area contributed by atoms with Gasteiger partial charge in [0.15, 0.2) is 0 Å². The molecule has 2 aromatic carbocycles. The van der Waals surface area contributed by atoms with Crippen LogP contribution in [0.15, 0.2) is 36.4 Å². The summed E-state index contributed by atoms with van der Waals surface area (Å²) < 4.78 is 0. The fourth-order valence-corrected chi connectivity index (χ4v) is 1.68. The van der Waals surface area contributed by atoms with Gasteiger partial charge in [0.2, 0.25) is 0 Å². The summed E-state index contributed by atoms with van der Waals surface area (Å²) in [6, 6.07) is 13.0. The minimum absolute atomic E-state index is 0. The Balaban J connectivity index is 0. The quantitative estimate of drug-likeness (QED) is 0.383. The van der Waals surface area contributed by atoms with Gasteiger partial charge in [-0.1, -0.05) is 25.8 Å². The zero-order chi connectivity index (χ0) is 8.55. The second-order valence-electron chi connectivity index (χ2n) is 3.53. The molecule has 2 aromatic rings. The molecule has 0 N–H and O–H groups in total. The summed E-state index contributed by atoms with van der Waals surface area (Å²) in [4.78, 5) is 0. The van der Waals surface area contributed by atoms with Crippen LogP contribution >= 0.6 is 48.0 Å². The van der Waals surface area contributed by atoms with Crippen LogP contribution in [0.3, 0.4) is 0 Å².